The van der Waals surface area contributed by atoms with Gasteiger partial charge in [0.2, 0.25) is 5.67 Å². The summed E-state index contributed by atoms with van der Waals surface area (Å²) in [5.74, 6) is 1.01. The van der Waals surface area contributed by atoms with Crippen LogP contribution in [0.15, 0.2) is 24.3 Å². The predicted octanol–water partition coefficient (Wildman–Crippen LogP) is 6.26. The summed E-state index contributed by atoms with van der Waals surface area (Å²) >= 11 is 0. The minimum Gasteiger partial charge on any atom is -0.243 e. The molecule has 0 radical (unpaired) electrons. The molecule has 0 spiro atoms. The Morgan fingerprint density at radius 3 is 2.62 bits per heavy atom. The van der Waals surface area contributed by atoms with E-state index < -0.39 is 29.3 Å². The van der Waals surface area contributed by atoms with Gasteiger partial charge in [0.1, 0.15) is 6.17 Å². The molecule has 0 nitrogen and oxygen atoms in total. The fourth-order valence-electron chi connectivity index (χ4n) is 3.54. The Morgan fingerprint density at radius 1 is 1.15 bits per heavy atom. The second kappa shape index (κ2) is 7.26. The first-order chi connectivity index (χ1) is 12.3. The van der Waals surface area contributed by atoms with E-state index in [1.165, 1.54) is 18.2 Å². The first kappa shape index (κ1) is 18.7. The minimum atomic E-state index is -2.21. The number of benzene rings is 2. The molecule has 1 saturated carbocycles. The molecule has 0 amide bonds. The summed E-state index contributed by atoms with van der Waals surface area (Å²) in [6.07, 6.45) is 0.951. The van der Waals surface area contributed by atoms with Gasteiger partial charge in [-0.2, -0.15) is 0 Å². The zero-order chi connectivity index (χ0) is 18.9. The smallest absolute Gasteiger partial charge is 0.202 e. The largest absolute Gasteiger partial charge is 0.243 e. The number of halogens is 5. The Kier molecular flexibility index (Phi) is 5.22. The molecule has 2 aromatic carbocycles. The molecule has 1 fully saturated rings. The molecule has 0 saturated heterocycles. The second-order valence-corrected chi connectivity index (χ2v) is 6.93. The molecule has 0 heterocycles. The molecular weight excluding hydrogens is 347 g/mol. The SMILES string of the molecule is CCCC1CCC(F)(C#Cc2ccc3c(F)c(F)c(F)cc3c2)C(F)C1. The quantitative estimate of drug-likeness (QED) is 0.335. The van der Waals surface area contributed by atoms with Crippen molar-refractivity contribution in [2.45, 2.75) is 50.9 Å². The molecule has 1 aliphatic carbocycles. The third-order valence-electron chi connectivity index (χ3n) is 5.04. The van der Waals surface area contributed by atoms with Gasteiger partial charge < -0.3 is 0 Å². The van der Waals surface area contributed by atoms with Gasteiger partial charge >= 0.3 is 0 Å². The molecule has 0 aromatic heterocycles. The van der Waals surface area contributed by atoms with Crippen molar-refractivity contribution < 1.29 is 22.0 Å². The Bertz CT molecular complexity index is 879. The van der Waals surface area contributed by atoms with Crippen LogP contribution in [0.4, 0.5) is 22.0 Å². The van der Waals surface area contributed by atoms with Gasteiger partial charge in [0.15, 0.2) is 17.5 Å². The highest BCUT2D eigenvalue weighted by Gasteiger charge is 2.43. The fraction of sp³-hybridized carbons (Fsp3) is 0.429. The van der Waals surface area contributed by atoms with Crippen LogP contribution in [0.25, 0.3) is 10.8 Å². The molecule has 3 atom stereocenters. The van der Waals surface area contributed by atoms with Crippen LogP contribution in [0.1, 0.15) is 44.6 Å². The van der Waals surface area contributed by atoms with E-state index in [1.807, 2.05) is 6.92 Å². The van der Waals surface area contributed by atoms with Crippen LogP contribution in [-0.2, 0) is 0 Å². The van der Waals surface area contributed by atoms with Gasteiger partial charge in [-0.3, -0.25) is 0 Å². The molecule has 0 N–H and O–H groups in total. The molecule has 3 unspecified atom stereocenters. The van der Waals surface area contributed by atoms with Gasteiger partial charge in [-0.05, 0) is 48.8 Å². The lowest BCUT2D eigenvalue weighted by atomic mass is 9.77. The number of rotatable bonds is 2. The van der Waals surface area contributed by atoms with Crippen LogP contribution >= 0.6 is 0 Å². The number of hydrogen-bond acceptors (Lipinski definition) is 0. The minimum absolute atomic E-state index is 0.0356. The molecule has 3 rings (SSSR count). The molecule has 1 aliphatic rings. The normalized spacial score (nSPS) is 25.8. The zero-order valence-electron chi connectivity index (χ0n) is 14.4. The number of alkyl halides is 2. The standard InChI is InChI=1S/C21H19F5/c1-2-3-13-6-8-21(26,18(23)11-13)9-7-14-4-5-16-15(10-14)12-17(22)20(25)19(16)24/h4-5,10,12-13,18H,2-3,6,8,11H2,1H3. The van der Waals surface area contributed by atoms with Crippen LogP contribution in [-0.4, -0.2) is 11.8 Å². The lowest BCUT2D eigenvalue weighted by molar-refractivity contribution is 0.0362. The Morgan fingerprint density at radius 2 is 1.92 bits per heavy atom. The monoisotopic (exact) mass is 366 g/mol. The van der Waals surface area contributed by atoms with Gasteiger partial charge in [-0.1, -0.05) is 37.7 Å². The molecule has 138 valence electrons. The molecule has 5 heteroatoms. The lowest BCUT2D eigenvalue weighted by Crippen LogP contribution is -2.39. The van der Waals surface area contributed by atoms with E-state index in [-0.39, 0.29) is 29.5 Å². The Labute approximate surface area is 149 Å². The maximum Gasteiger partial charge on any atom is 0.202 e. The van der Waals surface area contributed by atoms with Crippen LogP contribution in [0.2, 0.25) is 0 Å². The molecular formula is C21H19F5. The van der Waals surface area contributed by atoms with Crippen LogP contribution in [0, 0.1) is 35.2 Å². The topological polar surface area (TPSA) is 0 Å². The van der Waals surface area contributed by atoms with Gasteiger partial charge in [0.25, 0.3) is 0 Å². The van der Waals surface area contributed by atoms with Crippen LogP contribution in [0.3, 0.4) is 0 Å². The molecule has 0 aliphatic heterocycles. The summed E-state index contributed by atoms with van der Waals surface area (Å²) in [4.78, 5) is 0. The number of hydrogen-bond donors (Lipinski definition) is 0. The van der Waals surface area contributed by atoms with Crippen molar-refractivity contribution in [2.75, 3.05) is 0 Å². The van der Waals surface area contributed by atoms with Gasteiger partial charge in [0, 0.05) is 10.9 Å². The van der Waals surface area contributed by atoms with Crippen LogP contribution in [0.5, 0.6) is 0 Å². The van der Waals surface area contributed by atoms with Crippen molar-refractivity contribution in [2.24, 2.45) is 5.92 Å². The molecule has 2 aromatic rings. The van der Waals surface area contributed by atoms with E-state index in [9.17, 15) is 22.0 Å². The third-order valence-corrected chi connectivity index (χ3v) is 5.04. The van der Waals surface area contributed by atoms with E-state index in [1.54, 1.807) is 0 Å². The summed E-state index contributed by atoms with van der Waals surface area (Å²) < 4.78 is 69.5. The summed E-state index contributed by atoms with van der Waals surface area (Å²) in [7, 11) is 0. The van der Waals surface area contributed by atoms with Crippen molar-refractivity contribution in [3.63, 3.8) is 0 Å². The van der Waals surface area contributed by atoms with E-state index >= 15 is 0 Å². The lowest BCUT2D eigenvalue weighted by Gasteiger charge is -2.33. The first-order valence-electron chi connectivity index (χ1n) is 8.77. The average molecular weight is 366 g/mol. The maximum atomic E-state index is 14.8. The summed E-state index contributed by atoms with van der Waals surface area (Å²) in [5, 5.41) is 0.0254. The summed E-state index contributed by atoms with van der Waals surface area (Å²) in [6, 6.07) is 4.84. The molecule has 0 bridgehead atoms. The second-order valence-electron chi connectivity index (χ2n) is 6.93. The van der Waals surface area contributed by atoms with Gasteiger partial charge in [-0.15, -0.1) is 0 Å². The van der Waals surface area contributed by atoms with Crippen molar-refractivity contribution in [1.29, 1.82) is 0 Å². The predicted molar refractivity (Wildman–Crippen MR) is 91.7 cm³/mol. The first-order valence-corrected chi connectivity index (χ1v) is 8.77. The molecule has 26 heavy (non-hydrogen) atoms. The number of fused-ring (bicyclic) bond motifs is 1. The highest BCUT2D eigenvalue weighted by molar-refractivity contribution is 5.84. The van der Waals surface area contributed by atoms with Gasteiger partial charge in [-0.25, -0.2) is 22.0 Å². The maximum absolute atomic E-state index is 14.8. The average Bonchev–Trinajstić information content (AvgIpc) is 2.62. The van der Waals surface area contributed by atoms with Crippen molar-refractivity contribution in [1.82, 2.24) is 0 Å². The Hall–Kier alpha value is -2.09. The highest BCUT2D eigenvalue weighted by Crippen LogP contribution is 2.39. The van der Waals surface area contributed by atoms with Crippen molar-refractivity contribution in [3.8, 4) is 11.8 Å². The highest BCUT2D eigenvalue weighted by atomic mass is 19.2. The van der Waals surface area contributed by atoms with Gasteiger partial charge in [0.05, 0.1) is 0 Å². The fourth-order valence-corrected chi connectivity index (χ4v) is 3.54. The van der Waals surface area contributed by atoms with Crippen molar-refractivity contribution in [3.05, 3.63) is 47.3 Å². The summed E-state index contributed by atoms with van der Waals surface area (Å²) in [5.41, 5.74) is -1.92. The van der Waals surface area contributed by atoms with E-state index in [0.29, 0.717) is 12.0 Å². The van der Waals surface area contributed by atoms with E-state index in [2.05, 4.69) is 11.8 Å². The van der Waals surface area contributed by atoms with E-state index in [0.717, 1.165) is 18.9 Å². The Balaban J connectivity index is 1.87. The van der Waals surface area contributed by atoms with Crippen LogP contribution < -0.4 is 0 Å². The van der Waals surface area contributed by atoms with Crippen molar-refractivity contribution >= 4 is 10.8 Å². The van der Waals surface area contributed by atoms with E-state index in [4.69, 9.17) is 0 Å². The summed E-state index contributed by atoms with van der Waals surface area (Å²) in [6.45, 7) is 2.02. The zero-order valence-corrected chi connectivity index (χ0v) is 14.4. The third kappa shape index (κ3) is 3.56.